The van der Waals surface area contributed by atoms with E-state index in [2.05, 4.69) is 16.0 Å². The molecule has 0 aliphatic carbocycles. The highest BCUT2D eigenvalue weighted by Crippen LogP contribution is 2.23. The SMILES string of the molecule is CC(C)(C)OC(=O)NCC(=O)NCc1cccc(NC(=O)CCCOc2ccccc2Cl)c1. The normalized spacial score (nSPS) is 10.8. The Morgan fingerprint density at radius 2 is 1.73 bits per heavy atom. The maximum Gasteiger partial charge on any atom is 0.408 e. The van der Waals surface area contributed by atoms with E-state index in [1.807, 2.05) is 18.2 Å². The van der Waals surface area contributed by atoms with Gasteiger partial charge in [-0.25, -0.2) is 4.79 Å². The van der Waals surface area contributed by atoms with Crippen LogP contribution in [0.5, 0.6) is 5.75 Å². The molecule has 178 valence electrons. The van der Waals surface area contributed by atoms with Crippen molar-refractivity contribution in [3.05, 3.63) is 59.1 Å². The standard InChI is InChI=1S/C24H30ClN3O5/c1-24(2,3)33-23(31)27-16-22(30)26-15-17-8-6-9-18(14-17)28-21(29)12-7-13-32-20-11-5-4-10-19(20)25/h4-6,8-11,14H,7,12-13,15-16H2,1-3H3,(H,26,30)(H,27,31)(H,28,29). The summed E-state index contributed by atoms with van der Waals surface area (Å²) < 4.78 is 10.7. The number of rotatable bonds is 10. The Labute approximate surface area is 199 Å². The fourth-order valence-electron chi connectivity index (χ4n) is 2.69. The van der Waals surface area contributed by atoms with Crippen LogP contribution in [0.1, 0.15) is 39.2 Å². The number of nitrogens with one attached hydrogen (secondary N) is 3. The van der Waals surface area contributed by atoms with E-state index in [1.54, 1.807) is 51.1 Å². The second kappa shape index (κ2) is 12.7. The van der Waals surface area contributed by atoms with Gasteiger partial charge in [0.05, 0.1) is 11.6 Å². The first-order valence-electron chi connectivity index (χ1n) is 10.6. The van der Waals surface area contributed by atoms with E-state index in [0.29, 0.717) is 35.9 Å². The molecule has 0 spiro atoms. The molecule has 3 N–H and O–H groups in total. The highest BCUT2D eigenvalue weighted by atomic mass is 35.5. The van der Waals surface area contributed by atoms with Crippen molar-refractivity contribution in [2.45, 2.75) is 45.8 Å². The lowest BCUT2D eigenvalue weighted by molar-refractivity contribution is -0.120. The van der Waals surface area contributed by atoms with Gasteiger partial charge in [-0.2, -0.15) is 0 Å². The van der Waals surface area contributed by atoms with E-state index in [9.17, 15) is 14.4 Å². The number of carbonyl (C=O) groups is 3. The molecule has 9 heteroatoms. The number of alkyl carbamates (subject to hydrolysis) is 1. The zero-order chi connectivity index (χ0) is 24.3. The van der Waals surface area contributed by atoms with Crippen molar-refractivity contribution >= 4 is 35.2 Å². The molecule has 0 aliphatic heterocycles. The minimum absolute atomic E-state index is 0.138. The van der Waals surface area contributed by atoms with Crippen LogP contribution in [0.4, 0.5) is 10.5 Å². The molecule has 2 aromatic carbocycles. The Morgan fingerprint density at radius 1 is 0.970 bits per heavy atom. The van der Waals surface area contributed by atoms with Gasteiger partial charge in [0.25, 0.3) is 0 Å². The van der Waals surface area contributed by atoms with Crippen LogP contribution in [0, 0.1) is 0 Å². The van der Waals surface area contributed by atoms with Crippen LogP contribution < -0.4 is 20.7 Å². The molecule has 33 heavy (non-hydrogen) atoms. The molecule has 0 aromatic heterocycles. The van der Waals surface area contributed by atoms with E-state index in [1.165, 1.54) is 0 Å². The number of halogens is 1. The number of ether oxygens (including phenoxy) is 2. The third-order valence-electron chi connectivity index (χ3n) is 4.13. The average Bonchev–Trinajstić information content (AvgIpc) is 2.74. The van der Waals surface area contributed by atoms with Crippen LogP contribution >= 0.6 is 11.6 Å². The molecule has 0 heterocycles. The van der Waals surface area contributed by atoms with Gasteiger partial charge in [0.15, 0.2) is 0 Å². The molecular weight excluding hydrogens is 446 g/mol. The van der Waals surface area contributed by atoms with Gasteiger partial charge >= 0.3 is 6.09 Å². The minimum atomic E-state index is -0.653. The molecule has 0 aliphatic rings. The second-order valence-electron chi connectivity index (χ2n) is 8.26. The summed E-state index contributed by atoms with van der Waals surface area (Å²) in [6.07, 6.45) is 0.179. The topological polar surface area (TPSA) is 106 Å². The van der Waals surface area contributed by atoms with Gasteiger partial charge in [-0.05, 0) is 57.0 Å². The molecule has 2 aromatic rings. The zero-order valence-electron chi connectivity index (χ0n) is 19.1. The van der Waals surface area contributed by atoms with Crippen molar-refractivity contribution in [2.24, 2.45) is 0 Å². The molecule has 0 atom stereocenters. The van der Waals surface area contributed by atoms with Crippen molar-refractivity contribution in [1.29, 1.82) is 0 Å². The lowest BCUT2D eigenvalue weighted by atomic mass is 10.2. The van der Waals surface area contributed by atoms with Gasteiger partial charge in [0, 0.05) is 18.7 Å². The van der Waals surface area contributed by atoms with Crippen molar-refractivity contribution in [2.75, 3.05) is 18.5 Å². The van der Waals surface area contributed by atoms with E-state index in [-0.39, 0.29) is 24.9 Å². The predicted octanol–water partition coefficient (Wildman–Crippen LogP) is 4.28. The molecule has 2 rings (SSSR count). The first kappa shape index (κ1) is 26.0. The Bertz CT molecular complexity index is 959. The molecule has 0 saturated heterocycles. The lowest BCUT2D eigenvalue weighted by Gasteiger charge is -2.19. The van der Waals surface area contributed by atoms with E-state index in [4.69, 9.17) is 21.1 Å². The quantitative estimate of drug-likeness (QED) is 0.445. The maximum atomic E-state index is 12.2. The van der Waals surface area contributed by atoms with Crippen LogP contribution in [0.3, 0.4) is 0 Å². The highest BCUT2D eigenvalue weighted by molar-refractivity contribution is 6.32. The van der Waals surface area contributed by atoms with E-state index in [0.717, 1.165) is 5.56 Å². The first-order valence-corrected chi connectivity index (χ1v) is 11.0. The molecule has 8 nitrogen and oxygen atoms in total. The predicted molar refractivity (Wildman–Crippen MR) is 127 cm³/mol. The highest BCUT2D eigenvalue weighted by Gasteiger charge is 2.16. The van der Waals surface area contributed by atoms with E-state index < -0.39 is 11.7 Å². The number of para-hydroxylation sites is 1. The molecule has 0 radical (unpaired) electrons. The van der Waals surface area contributed by atoms with Crippen molar-refractivity contribution in [1.82, 2.24) is 10.6 Å². The van der Waals surface area contributed by atoms with Gasteiger partial charge in [-0.1, -0.05) is 35.9 Å². The molecule has 3 amide bonds. The number of hydrogen-bond donors (Lipinski definition) is 3. The fraction of sp³-hybridized carbons (Fsp3) is 0.375. The average molecular weight is 476 g/mol. The summed E-state index contributed by atoms with van der Waals surface area (Å²) in [4.78, 5) is 35.7. The van der Waals surface area contributed by atoms with Crippen LogP contribution in [-0.2, 0) is 20.9 Å². The van der Waals surface area contributed by atoms with Crippen molar-refractivity contribution < 1.29 is 23.9 Å². The van der Waals surface area contributed by atoms with Gasteiger partial charge in [0.1, 0.15) is 17.9 Å². The summed E-state index contributed by atoms with van der Waals surface area (Å²) in [6.45, 7) is 5.67. The van der Waals surface area contributed by atoms with E-state index >= 15 is 0 Å². The third kappa shape index (κ3) is 10.7. The second-order valence-corrected chi connectivity index (χ2v) is 8.67. The molecule has 0 bridgehead atoms. The van der Waals surface area contributed by atoms with Gasteiger partial charge in [-0.3, -0.25) is 9.59 Å². The summed E-state index contributed by atoms with van der Waals surface area (Å²) in [5.41, 5.74) is 0.805. The Hall–Kier alpha value is -3.26. The van der Waals surface area contributed by atoms with Crippen LogP contribution in [0.15, 0.2) is 48.5 Å². The largest absolute Gasteiger partial charge is 0.492 e. The summed E-state index contributed by atoms with van der Waals surface area (Å²) >= 11 is 6.03. The summed E-state index contributed by atoms with van der Waals surface area (Å²) in [7, 11) is 0. The zero-order valence-corrected chi connectivity index (χ0v) is 19.8. The minimum Gasteiger partial charge on any atom is -0.492 e. The number of benzene rings is 2. The maximum absolute atomic E-state index is 12.2. The summed E-state index contributed by atoms with van der Waals surface area (Å²) in [6, 6.07) is 14.3. The molecule has 0 fully saturated rings. The number of amides is 3. The monoisotopic (exact) mass is 475 g/mol. The molecular formula is C24H30ClN3O5. The fourth-order valence-corrected chi connectivity index (χ4v) is 2.88. The third-order valence-corrected chi connectivity index (χ3v) is 4.45. The van der Waals surface area contributed by atoms with Gasteiger partial charge < -0.3 is 25.4 Å². The van der Waals surface area contributed by atoms with Crippen LogP contribution in [-0.4, -0.2) is 36.7 Å². The van der Waals surface area contributed by atoms with Crippen LogP contribution in [0.25, 0.3) is 0 Å². The van der Waals surface area contributed by atoms with Gasteiger partial charge in [-0.15, -0.1) is 0 Å². The summed E-state index contributed by atoms with van der Waals surface area (Å²) in [5.74, 6) is 0.102. The number of anilines is 1. The Balaban J connectivity index is 1.69. The smallest absolute Gasteiger partial charge is 0.408 e. The van der Waals surface area contributed by atoms with Gasteiger partial charge in [0.2, 0.25) is 11.8 Å². The van der Waals surface area contributed by atoms with Crippen LogP contribution in [0.2, 0.25) is 5.02 Å². The Kier molecular flexibility index (Phi) is 10.00. The van der Waals surface area contributed by atoms with Crippen molar-refractivity contribution in [3.63, 3.8) is 0 Å². The lowest BCUT2D eigenvalue weighted by Crippen LogP contribution is -2.39. The Morgan fingerprint density at radius 3 is 2.45 bits per heavy atom. The number of hydrogen-bond acceptors (Lipinski definition) is 5. The first-order chi connectivity index (χ1) is 15.6. The molecule has 0 saturated carbocycles. The summed E-state index contributed by atoms with van der Waals surface area (Å²) in [5, 5.41) is 8.48. The van der Waals surface area contributed by atoms with Crippen molar-refractivity contribution in [3.8, 4) is 5.75 Å². The molecule has 0 unspecified atom stereocenters. The number of carbonyl (C=O) groups excluding carboxylic acids is 3.